The van der Waals surface area contributed by atoms with E-state index < -0.39 is 24.0 Å². The van der Waals surface area contributed by atoms with Crippen LogP contribution < -0.4 is 11.1 Å². The van der Waals surface area contributed by atoms with Crippen LogP contribution in [0.1, 0.15) is 12.5 Å². The number of rotatable bonds is 5. The van der Waals surface area contributed by atoms with Crippen LogP contribution in [0.15, 0.2) is 35.2 Å². The lowest BCUT2D eigenvalue weighted by Gasteiger charge is -2.10. The van der Waals surface area contributed by atoms with Gasteiger partial charge in [-0.1, -0.05) is 12.1 Å². The summed E-state index contributed by atoms with van der Waals surface area (Å²) in [7, 11) is 0. The number of thioether (sulfide) groups is 1. The highest BCUT2D eigenvalue weighted by atomic mass is 32.2. The number of primary amides is 1. The molecule has 0 fully saturated rings. The number of urea groups is 1. The van der Waals surface area contributed by atoms with Gasteiger partial charge in [-0.3, -0.25) is 10.1 Å². The molecule has 0 saturated heterocycles. The zero-order chi connectivity index (χ0) is 15.8. The first-order valence-corrected chi connectivity index (χ1v) is 7.28. The third-order valence-corrected chi connectivity index (χ3v) is 3.18. The fourth-order valence-corrected chi connectivity index (χ4v) is 1.78. The van der Waals surface area contributed by atoms with E-state index in [-0.39, 0.29) is 0 Å². The predicted octanol–water partition coefficient (Wildman–Crippen LogP) is 1.55. The van der Waals surface area contributed by atoms with Crippen LogP contribution in [-0.4, -0.2) is 30.3 Å². The molecule has 0 aliphatic rings. The van der Waals surface area contributed by atoms with Crippen molar-refractivity contribution in [2.75, 3.05) is 6.26 Å². The van der Waals surface area contributed by atoms with E-state index >= 15 is 0 Å². The molecule has 0 spiro atoms. The summed E-state index contributed by atoms with van der Waals surface area (Å²) >= 11 is 1.62. The number of carbonyl (C=O) groups excluding carboxylic acids is 3. The molecule has 1 atom stereocenters. The molecule has 3 N–H and O–H groups in total. The molecule has 0 aliphatic heterocycles. The molecule has 112 valence electrons. The highest BCUT2D eigenvalue weighted by molar-refractivity contribution is 7.98. The Labute approximate surface area is 126 Å². The Morgan fingerprint density at radius 2 is 1.90 bits per heavy atom. The summed E-state index contributed by atoms with van der Waals surface area (Å²) < 4.78 is 4.83. The summed E-state index contributed by atoms with van der Waals surface area (Å²) in [5, 5.41) is 1.83. The molecule has 6 nitrogen and oxygen atoms in total. The molecule has 1 rings (SSSR count). The van der Waals surface area contributed by atoms with E-state index in [0.29, 0.717) is 0 Å². The third kappa shape index (κ3) is 6.13. The largest absolute Gasteiger partial charge is 0.449 e. The summed E-state index contributed by atoms with van der Waals surface area (Å²) in [6, 6.07) is 6.59. The lowest BCUT2D eigenvalue weighted by molar-refractivity contribution is -0.149. The summed E-state index contributed by atoms with van der Waals surface area (Å²) in [6.07, 6.45) is 3.65. The van der Waals surface area contributed by atoms with Crippen molar-refractivity contribution >= 4 is 35.7 Å². The van der Waals surface area contributed by atoms with E-state index in [9.17, 15) is 14.4 Å². The van der Waals surface area contributed by atoms with Gasteiger partial charge in [-0.25, -0.2) is 9.59 Å². The second kappa shape index (κ2) is 8.11. The van der Waals surface area contributed by atoms with E-state index in [1.165, 1.54) is 13.0 Å². The first kappa shape index (κ1) is 16.8. The van der Waals surface area contributed by atoms with Crippen molar-refractivity contribution in [3.8, 4) is 0 Å². The molecule has 0 aromatic heterocycles. The highest BCUT2D eigenvalue weighted by Gasteiger charge is 2.17. The second-order valence-corrected chi connectivity index (χ2v) is 4.92. The maximum atomic E-state index is 11.5. The van der Waals surface area contributed by atoms with Gasteiger partial charge >= 0.3 is 12.0 Å². The van der Waals surface area contributed by atoms with Gasteiger partial charge in [-0.2, -0.15) is 0 Å². The fourth-order valence-electron chi connectivity index (χ4n) is 1.37. The number of imide groups is 1. The number of ether oxygens (including phenoxy) is 1. The van der Waals surface area contributed by atoms with Crippen LogP contribution in [0.3, 0.4) is 0 Å². The number of hydrogen-bond acceptors (Lipinski definition) is 5. The van der Waals surface area contributed by atoms with Crippen LogP contribution in [0.25, 0.3) is 6.08 Å². The highest BCUT2D eigenvalue weighted by Crippen LogP contribution is 2.15. The molecular formula is C14H16N2O4S. The monoisotopic (exact) mass is 308 g/mol. The molecule has 0 saturated carbocycles. The van der Waals surface area contributed by atoms with Crippen molar-refractivity contribution in [1.82, 2.24) is 5.32 Å². The van der Waals surface area contributed by atoms with Crippen LogP contribution in [0.5, 0.6) is 0 Å². The van der Waals surface area contributed by atoms with Gasteiger partial charge in [0.2, 0.25) is 0 Å². The van der Waals surface area contributed by atoms with Gasteiger partial charge in [0.15, 0.2) is 6.10 Å². The molecule has 7 heteroatoms. The molecule has 21 heavy (non-hydrogen) atoms. The smallest absolute Gasteiger partial charge is 0.331 e. The number of carbonyl (C=O) groups is 3. The minimum atomic E-state index is -1.10. The van der Waals surface area contributed by atoms with Gasteiger partial charge in [0.25, 0.3) is 5.91 Å². The molecule has 1 aromatic carbocycles. The van der Waals surface area contributed by atoms with Gasteiger partial charge in [0, 0.05) is 11.0 Å². The Kier molecular flexibility index (Phi) is 6.48. The van der Waals surface area contributed by atoms with Crippen LogP contribution in [0.2, 0.25) is 0 Å². The minimum Gasteiger partial charge on any atom is -0.449 e. The Bertz CT molecular complexity index is 555. The molecule has 3 amide bonds. The zero-order valence-corrected chi connectivity index (χ0v) is 12.5. The predicted molar refractivity (Wildman–Crippen MR) is 80.5 cm³/mol. The van der Waals surface area contributed by atoms with Gasteiger partial charge in [0.05, 0.1) is 0 Å². The summed E-state index contributed by atoms with van der Waals surface area (Å²) in [6.45, 7) is 1.34. The van der Waals surface area contributed by atoms with Crippen LogP contribution >= 0.6 is 11.8 Å². The Morgan fingerprint density at radius 1 is 1.29 bits per heavy atom. The van der Waals surface area contributed by atoms with Crippen LogP contribution in [0, 0.1) is 0 Å². The van der Waals surface area contributed by atoms with Crippen molar-refractivity contribution in [2.45, 2.75) is 17.9 Å². The average molecular weight is 308 g/mol. The SMILES string of the molecule is CSc1ccc(/C=C/C(=O)O[C@@H](C)C(=O)NC(N)=O)cc1. The quantitative estimate of drug-likeness (QED) is 0.488. The Morgan fingerprint density at radius 3 is 2.43 bits per heavy atom. The normalized spacial score (nSPS) is 11.9. The second-order valence-electron chi connectivity index (χ2n) is 4.04. The first-order valence-electron chi connectivity index (χ1n) is 6.05. The minimum absolute atomic E-state index is 0.684. The molecule has 0 unspecified atom stereocenters. The number of esters is 1. The molecule has 0 radical (unpaired) electrons. The van der Waals surface area contributed by atoms with Crippen molar-refractivity contribution < 1.29 is 19.1 Å². The van der Waals surface area contributed by atoms with Crippen LogP contribution in [0.4, 0.5) is 4.79 Å². The van der Waals surface area contributed by atoms with E-state index in [4.69, 9.17) is 10.5 Å². The summed E-state index contributed by atoms with van der Waals surface area (Å²) in [5.41, 5.74) is 5.63. The van der Waals surface area contributed by atoms with E-state index in [2.05, 4.69) is 0 Å². The Balaban J connectivity index is 2.53. The van der Waals surface area contributed by atoms with E-state index in [0.717, 1.165) is 10.5 Å². The van der Waals surface area contributed by atoms with Gasteiger partial charge < -0.3 is 10.5 Å². The van der Waals surface area contributed by atoms with Gasteiger partial charge in [0.1, 0.15) is 0 Å². The van der Waals surface area contributed by atoms with Crippen molar-refractivity contribution in [3.63, 3.8) is 0 Å². The fraction of sp³-hybridized carbons (Fsp3) is 0.214. The number of nitrogens with two attached hydrogens (primary N) is 1. The third-order valence-electron chi connectivity index (χ3n) is 2.44. The lowest BCUT2D eigenvalue weighted by atomic mass is 10.2. The maximum Gasteiger partial charge on any atom is 0.331 e. The number of amides is 3. The van der Waals surface area contributed by atoms with Crippen molar-refractivity contribution in [3.05, 3.63) is 35.9 Å². The maximum absolute atomic E-state index is 11.5. The number of hydrogen-bond donors (Lipinski definition) is 2. The molecule has 1 aromatic rings. The standard InChI is InChI=1S/C14H16N2O4S/c1-9(13(18)16-14(15)19)20-12(17)8-5-10-3-6-11(21-2)7-4-10/h3-9H,1-2H3,(H3,15,16,18,19)/b8-5+/t9-/m0/s1. The molecule has 0 heterocycles. The Hall–Kier alpha value is -2.28. The average Bonchev–Trinajstić information content (AvgIpc) is 2.44. The molecular weight excluding hydrogens is 292 g/mol. The number of benzene rings is 1. The lowest BCUT2D eigenvalue weighted by Crippen LogP contribution is -2.42. The van der Waals surface area contributed by atoms with Crippen molar-refractivity contribution in [1.29, 1.82) is 0 Å². The van der Waals surface area contributed by atoms with Crippen molar-refractivity contribution in [2.24, 2.45) is 5.73 Å². The van der Waals surface area contributed by atoms with Crippen LogP contribution in [-0.2, 0) is 14.3 Å². The van der Waals surface area contributed by atoms with Gasteiger partial charge in [-0.15, -0.1) is 11.8 Å². The van der Waals surface area contributed by atoms with E-state index in [1.807, 2.05) is 35.8 Å². The molecule has 0 bridgehead atoms. The van der Waals surface area contributed by atoms with Gasteiger partial charge in [-0.05, 0) is 37.0 Å². The van der Waals surface area contributed by atoms with E-state index in [1.54, 1.807) is 17.8 Å². The zero-order valence-electron chi connectivity index (χ0n) is 11.7. The summed E-state index contributed by atoms with van der Waals surface area (Å²) in [4.78, 5) is 34.5. The number of nitrogens with one attached hydrogen (secondary N) is 1. The molecule has 0 aliphatic carbocycles. The first-order chi connectivity index (χ1) is 9.92. The summed E-state index contributed by atoms with van der Waals surface area (Å²) in [5.74, 6) is -1.45. The topological polar surface area (TPSA) is 98.5 Å².